The van der Waals surface area contributed by atoms with Crippen LogP contribution >= 0.6 is 0 Å². The smallest absolute Gasteiger partial charge is 0.125 e. The average molecular weight is 218 g/mol. The zero-order valence-electron chi connectivity index (χ0n) is 9.28. The first-order chi connectivity index (χ1) is 7.79. The third kappa shape index (κ3) is 2.42. The van der Waals surface area contributed by atoms with Gasteiger partial charge in [-0.2, -0.15) is 0 Å². The second kappa shape index (κ2) is 4.84. The van der Waals surface area contributed by atoms with Crippen molar-refractivity contribution < 1.29 is 4.39 Å². The highest BCUT2D eigenvalue weighted by molar-refractivity contribution is 5.43. The molecule has 1 aromatic heterocycles. The Morgan fingerprint density at radius 1 is 1.25 bits per heavy atom. The van der Waals surface area contributed by atoms with Gasteiger partial charge < -0.3 is 9.88 Å². The van der Waals surface area contributed by atoms with E-state index in [0.29, 0.717) is 6.54 Å². The lowest BCUT2D eigenvalue weighted by atomic mass is 10.3. The Hall–Kier alpha value is -1.77. The zero-order chi connectivity index (χ0) is 11.4. The normalized spacial score (nSPS) is 10.4. The molecule has 3 heteroatoms. The number of aromatic nitrogens is 1. The van der Waals surface area contributed by atoms with Crippen molar-refractivity contribution in [3.05, 3.63) is 54.1 Å². The Morgan fingerprint density at radius 2 is 2.12 bits per heavy atom. The van der Waals surface area contributed by atoms with Gasteiger partial charge in [0.05, 0.1) is 6.54 Å². The van der Waals surface area contributed by atoms with E-state index in [0.717, 1.165) is 12.2 Å². The minimum absolute atomic E-state index is 0.212. The fourth-order valence-corrected chi connectivity index (χ4v) is 1.71. The second-order valence-electron chi connectivity index (χ2n) is 3.65. The summed E-state index contributed by atoms with van der Waals surface area (Å²) in [7, 11) is 0. The molecule has 1 N–H and O–H groups in total. The highest BCUT2D eigenvalue weighted by Crippen LogP contribution is 2.11. The maximum absolute atomic E-state index is 12.9. The molecule has 0 atom stereocenters. The average Bonchev–Trinajstić information content (AvgIpc) is 2.74. The van der Waals surface area contributed by atoms with E-state index in [1.807, 2.05) is 18.3 Å². The standard InChI is InChI=1S/C13H15FN2/c1-2-16-8-4-7-13(16)10-15-12-6-3-5-11(14)9-12/h3-9,15H,2,10H2,1H3. The molecule has 0 saturated carbocycles. The lowest BCUT2D eigenvalue weighted by Crippen LogP contribution is -2.05. The van der Waals surface area contributed by atoms with Gasteiger partial charge >= 0.3 is 0 Å². The summed E-state index contributed by atoms with van der Waals surface area (Å²) in [6.07, 6.45) is 2.04. The molecule has 1 aromatic carbocycles. The number of aryl methyl sites for hydroxylation is 1. The molecule has 2 nitrogen and oxygen atoms in total. The molecule has 1 heterocycles. The monoisotopic (exact) mass is 218 g/mol. The quantitative estimate of drug-likeness (QED) is 0.833. The highest BCUT2D eigenvalue weighted by Gasteiger charge is 1.99. The fourth-order valence-electron chi connectivity index (χ4n) is 1.71. The first-order valence-corrected chi connectivity index (χ1v) is 5.43. The van der Waals surface area contributed by atoms with Crippen molar-refractivity contribution in [2.24, 2.45) is 0 Å². The summed E-state index contributed by atoms with van der Waals surface area (Å²) in [5, 5.41) is 3.20. The molecular formula is C13H15FN2. The number of rotatable bonds is 4. The van der Waals surface area contributed by atoms with Crippen LogP contribution in [0.25, 0.3) is 0 Å². The van der Waals surface area contributed by atoms with E-state index in [1.165, 1.54) is 17.8 Å². The van der Waals surface area contributed by atoms with Gasteiger partial charge in [0.2, 0.25) is 0 Å². The molecule has 0 aliphatic carbocycles. The highest BCUT2D eigenvalue weighted by atomic mass is 19.1. The summed E-state index contributed by atoms with van der Waals surface area (Å²) in [4.78, 5) is 0. The van der Waals surface area contributed by atoms with Gasteiger partial charge in [0.25, 0.3) is 0 Å². The minimum atomic E-state index is -0.212. The van der Waals surface area contributed by atoms with Gasteiger partial charge in [-0.15, -0.1) is 0 Å². The first kappa shape index (κ1) is 10.7. The Bertz CT molecular complexity index is 462. The fraction of sp³-hybridized carbons (Fsp3) is 0.231. The molecule has 0 aliphatic rings. The maximum Gasteiger partial charge on any atom is 0.125 e. The van der Waals surface area contributed by atoms with Gasteiger partial charge in [-0.05, 0) is 37.3 Å². The molecule has 0 aliphatic heterocycles. The lowest BCUT2D eigenvalue weighted by Gasteiger charge is -2.09. The Morgan fingerprint density at radius 3 is 2.88 bits per heavy atom. The molecule has 0 bridgehead atoms. The van der Waals surface area contributed by atoms with Crippen LogP contribution in [-0.2, 0) is 13.1 Å². The number of nitrogens with zero attached hydrogens (tertiary/aromatic N) is 1. The lowest BCUT2D eigenvalue weighted by molar-refractivity contribution is 0.628. The third-order valence-corrected chi connectivity index (χ3v) is 2.56. The molecule has 0 spiro atoms. The second-order valence-corrected chi connectivity index (χ2v) is 3.65. The number of anilines is 1. The number of halogens is 1. The summed E-state index contributed by atoms with van der Waals surface area (Å²) in [6, 6.07) is 10.6. The topological polar surface area (TPSA) is 17.0 Å². The van der Waals surface area contributed by atoms with Crippen LogP contribution in [0.3, 0.4) is 0 Å². The Balaban J connectivity index is 2.02. The summed E-state index contributed by atoms with van der Waals surface area (Å²) in [6.45, 7) is 3.77. The van der Waals surface area contributed by atoms with Crippen LogP contribution < -0.4 is 5.32 Å². The minimum Gasteiger partial charge on any atom is -0.379 e. The van der Waals surface area contributed by atoms with E-state index < -0.39 is 0 Å². The predicted octanol–water partition coefficient (Wildman–Crippen LogP) is 3.26. The van der Waals surface area contributed by atoms with E-state index in [-0.39, 0.29) is 5.82 Å². The van der Waals surface area contributed by atoms with Crippen LogP contribution in [0, 0.1) is 5.82 Å². The molecule has 0 unspecified atom stereocenters. The van der Waals surface area contributed by atoms with Crippen LogP contribution in [0.5, 0.6) is 0 Å². The van der Waals surface area contributed by atoms with Crippen molar-refractivity contribution in [3.8, 4) is 0 Å². The molecule has 2 rings (SSSR count). The Labute approximate surface area is 94.7 Å². The van der Waals surface area contributed by atoms with Gasteiger partial charge in [0, 0.05) is 24.1 Å². The van der Waals surface area contributed by atoms with Gasteiger partial charge in [0.1, 0.15) is 5.82 Å². The summed E-state index contributed by atoms with van der Waals surface area (Å²) >= 11 is 0. The summed E-state index contributed by atoms with van der Waals surface area (Å²) < 4.78 is 15.1. The number of benzene rings is 1. The molecule has 0 saturated heterocycles. The van der Waals surface area contributed by atoms with Crippen molar-refractivity contribution in [1.82, 2.24) is 4.57 Å². The SMILES string of the molecule is CCn1cccc1CNc1cccc(F)c1. The number of nitrogens with one attached hydrogen (secondary N) is 1. The first-order valence-electron chi connectivity index (χ1n) is 5.43. The number of hydrogen-bond acceptors (Lipinski definition) is 1. The molecule has 0 radical (unpaired) electrons. The van der Waals surface area contributed by atoms with E-state index in [9.17, 15) is 4.39 Å². The Kier molecular flexibility index (Phi) is 3.25. The van der Waals surface area contributed by atoms with Gasteiger partial charge in [-0.3, -0.25) is 0 Å². The van der Waals surface area contributed by atoms with Crippen LogP contribution in [0.2, 0.25) is 0 Å². The van der Waals surface area contributed by atoms with Crippen molar-refractivity contribution in [2.75, 3.05) is 5.32 Å². The van der Waals surface area contributed by atoms with E-state index >= 15 is 0 Å². The zero-order valence-corrected chi connectivity index (χ0v) is 9.28. The summed E-state index contributed by atoms with van der Waals surface area (Å²) in [5.41, 5.74) is 2.01. The van der Waals surface area contributed by atoms with Crippen LogP contribution in [0.15, 0.2) is 42.6 Å². The third-order valence-electron chi connectivity index (χ3n) is 2.56. The largest absolute Gasteiger partial charge is 0.379 e. The molecule has 0 fully saturated rings. The van der Waals surface area contributed by atoms with Crippen LogP contribution in [-0.4, -0.2) is 4.57 Å². The van der Waals surface area contributed by atoms with Gasteiger partial charge in [-0.1, -0.05) is 6.07 Å². The number of hydrogen-bond donors (Lipinski definition) is 1. The van der Waals surface area contributed by atoms with Gasteiger partial charge in [-0.25, -0.2) is 4.39 Å². The molecule has 84 valence electrons. The van der Waals surface area contributed by atoms with E-state index in [4.69, 9.17) is 0 Å². The van der Waals surface area contributed by atoms with E-state index in [2.05, 4.69) is 22.9 Å². The molecular weight excluding hydrogens is 203 g/mol. The molecule has 0 amide bonds. The summed E-state index contributed by atoms with van der Waals surface area (Å²) in [5.74, 6) is -0.212. The van der Waals surface area contributed by atoms with Crippen LogP contribution in [0.4, 0.5) is 10.1 Å². The van der Waals surface area contributed by atoms with Crippen molar-refractivity contribution in [2.45, 2.75) is 20.0 Å². The van der Waals surface area contributed by atoms with Gasteiger partial charge in [0.15, 0.2) is 0 Å². The van der Waals surface area contributed by atoms with E-state index in [1.54, 1.807) is 6.07 Å². The van der Waals surface area contributed by atoms with Crippen molar-refractivity contribution in [3.63, 3.8) is 0 Å². The molecule has 2 aromatic rings. The molecule has 16 heavy (non-hydrogen) atoms. The van der Waals surface area contributed by atoms with Crippen LogP contribution in [0.1, 0.15) is 12.6 Å². The maximum atomic E-state index is 12.9. The predicted molar refractivity (Wildman–Crippen MR) is 63.8 cm³/mol. The van der Waals surface area contributed by atoms with Crippen molar-refractivity contribution in [1.29, 1.82) is 0 Å². The van der Waals surface area contributed by atoms with Crippen molar-refractivity contribution >= 4 is 5.69 Å².